The van der Waals surface area contributed by atoms with E-state index in [0.29, 0.717) is 11.3 Å². The van der Waals surface area contributed by atoms with Crippen LogP contribution in [0.5, 0.6) is 0 Å². The molecular formula is C17H34N2O2. The maximum atomic E-state index is 5.75. The van der Waals surface area contributed by atoms with Crippen molar-refractivity contribution in [3.63, 3.8) is 0 Å². The zero-order valence-electron chi connectivity index (χ0n) is 14.4. The quantitative estimate of drug-likeness (QED) is 0.814. The average molecular weight is 298 g/mol. The third kappa shape index (κ3) is 5.51. The molecule has 0 aliphatic carbocycles. The molecule has 2 aliphatic heterocycles. The summed E-state index contributed by atoms with van der Waals surface area (Å²) in [4.78, 5) is 2.65. The second kappa shape index (κ2) is 7.40. The van der Waals surface area contributed by atoms with Gasteiger partial charge in [0, 0.05) is 44.3 Å². The average Bonchev–Trinajstić information content (AvgIpc) is 2.86. The van der Waals surface area contributed by atoms with Crippen molar-refractivity contribution in [1.82, 2.24) is 10.2 Å². The summed E-state index contributed by atoms with van der Waals surface area (Å²) in [6.45, 7) is 14.1. The number of piperidine rings is 1. The first-order valence-electron chi connectivity index (χ1n) is 8.47. The van der Waals surface area contributed by atoms with Gasteiger partial charge in [0.05, 0.1) is 13.2 Å². The second-order valence-electron chi connectivity index (χ2n) is 8.10. The van der Waals surface area contributed by atoms with Gasteiger partial charge in [-0.25, -0.2) is 0 Å². The Morgan fingerprint density at radius 1 is 1.38 bits per heavy atom. The molecule has 124 valence electrons. The third-order valence-corrected chi connectivity index (χ3v) is 4.74. The molecule has 0 aromatic carbocycles. The van der Waals surface area contributed by atoms with Gasteiger partial charge < -0.3 is 19.7 Å². The van der Waals surface area contributed by atoms with Crippen molar-refractivity contribution < 1.29 is 9.47 Å². The number of nitrogens with zero attached hydrogens (tertiary/aromatic N) is 1. The highest BCUT2D eigenvalue weighted by Gasteiger charge is 2.38. The number of hydrogen-bond acceptors (Lipinski definition) is 4. The van der Waals surface area contributed by atoms with Crippen LogP contribution in [0.15, 0.2) is 0 Å². The van der Waals surface area contributed by atoms with Crippen LogP contribution in [0, 0.1) is 11.3 Å². The Hall–Kier alpha value is -0.160. The van der Waals surface area contributed by atoms with Gasteiger partial charge in [0.2, 0.25) is 0 Å². The Kier molecular flexibility index (Phi) is 6.06. The highest BCUT2D eigenvalue weighted by Crippen LogP contribution is 2.31. The molecule has 4 nitrogen and oxygen atoms in total. The number of likely N-dealkylation sites (tertiary alicyclic amines) is 1. The Balaban J connectivity index is 1.89. The van der Waals surface area contributed by atoms with Crippen LogP contribution in [-0.4, -0.2) is 63.5 Å². The molecule has 2 fully saturated rings. The summed E-state index contributed by atoms with van der Waals surface area (Å²) < 4.78 is 11.1. The fraction of sp³-hybridized carbons (Fsp3) is 1.00. The van der Waals surface area contributed by atoms with Crippen molar-refractivity contribution in [3.05, 3.63) is 0 Å². The molecule has 4 heteroatoms. The van der Waals surface area contributed by atoms with Crippen LogP contribution < -0.4 is 5.32 Å². The van der Waals surface area contributed by atoms with Crippen LogP contribution in [0.3, 0.4) is 0 Å². The standard InChI is InChI=1S/C17H34N2O2/c1-16(2,3)18-12-17(7-9-21-14-17)13-19-8-5-6-15(10-19)11-20-4/h15,18H,5-14H2,1-4H3. The van der Waals surface area contributed by atoms with Crippen molar-refractivity contribution in [3.8, 4) is 0 Å². The van der Waals surface area contributed by atoms with E-state index in [1.807, 2.05) is 7.11 Å². The highest BCUT2D eigenvalue weighted by atomic mass is 16.5. The molecule has 0 bridgehead atoms. The highest BCUT2D eigenvalue weighted by molar-refractivity contribution is 4.91. The van der Waals surface area contributed by atoms with E-state index in [0.717, 1.165) is 32.9 Å². The molecule has 0 aromatic heterocycles. The summed E-state index contributed by atoms with van der Waals surface area (Å²) in [7, 11) is 1.82. The van der Waals surface area contributed by atoms with Crippen LogP contribution >= 0.6 is 0 Å². The number of ether oxygens (including phenoxy) is 2. The molecule has 0 spiro atoms. The van der Waals surface area contributed by atoms with Crippen molar-refractivity contribution >= 4 is 0 Å². The fourth-order valence-electron chi connectivity index (χ4n) is 3.56. The van der Waals surface area contributed by atoms with E-state index in [1.54, 1.807) is 0 Å². The van der Waals surface area contributed by atoms with E-state index in [-0.39, 0.29) is 5.54 Å². The van der Waals surface area contributed by atoms with Gasteiger partial charge in [-0.1, -0.05) is 0 Å². The molecule has 0 saturated carbocycles. The molecule has 2 aliphatic rings. The van der Waals surface area contributed by atoms with Gasteiger partial charge >= 0.3 is 0 Å². The summed E-state index contributed by atoms with van der Waals surface area (Å²) >= 11 is 0. The van der Waals surface area contributed by atoms with Gasteiger partial charge in [0.25, 0.3) is 0 Å². The molecule has 21 heavy (non-hydrogen) atoms. The smallest absolute Gasteiger partial charge is 0.0547 e. The Bertz CT molecular complexity index is 306. The minimum absolute atomic E-state index is 0.177. The van der Waals surface area contributed by atoms with E-state index in [4.69, 9.17) is 9.47 Å². The molecule has 2 unspecified atom stereocenters. The number of methoxy groups -OCH3 is 1. The predicted octanol–water partition coefficient (Wildman–Crippen LogP) is 2.14. The minimum atomic E-state index is 0.177. The van der Waals surface area contributed by atoms with E-state index in [1.165, 1.54) is 32.4 Å². The largest absolute Gasteiger partial charge is 0.384 e. The Morgan fingerprint density at radius 3 is 2.81 bits per heavy atom. The van der Waals surface area contributed by atoms with Crippen LogP contribution in [0.2, 0.25) is 0 Å². The van der Waals surface area contributed by atoms with E-state index in [2.05, 4.69) is 31.0 Å². The summed E-state index contributed by atoms with van der Waals surface area (Å²) in [6, 6.07) is 0. The minimum Gasteiger partial charge on any atom is -0.384 e. The first kappa shape index (κ1) is 17.2. The van der Waals surface area contributed by atoms with E-state index >= 15 is 0 Å². The maximum Gasteiger partial charge on any atom is 0.0547 e. The Labute approximate surface area is 130 Å². The molecule has 1 N–H and O–H groups in total. The lowest BCUT2D eigenvalue weighted by Gasteiger charge is -2.40. The van der Waals surface area contributed by atoms with Crippen molar-refractivity contribution in [1.29, 1.82) is 0 Å². The van der Waals surface area contributed by atoms with Gasteiger partial charge in [-0.15, -0.1) is 0 Å². The monoisotopic (exact) mass is 298 g/mol. The van der Waals surface area contributed by atoms with Crippen molar-refractivity contribution in [2.45, 2.75) is 45.6 Å². The van der Waals surface area contributed by atoms with Gasteiger partial charge in [0.15, 0.2) is 0 Å². The number of rotatable bonds is 6. The molecule has 2 saturated heterocycles. The van der Waals surface area contributed by atoms with Crippen LogP contribution in [0.4, 0.5) is 0 Å². The van der Waals surface area contributed by atoms with Gasteiger partial charge in [-0.2, -0.15) is 0 Å². The molecular weight excluding hydrogens is 264 g/mol. The zero-order chi connectivity index (χ0) is 15.3. The first-order chi connectivity index (χ1) is 9.92. The summed E-state index contributed by atoms with van der Waals surface area (Å²) in [6.07, 6.45) is 3.80. The molecule has 2 rings (SSSR count). The zero-order valence-corrected chi connectivity index (χ0v) is 14.4. The van der Waals surface area contributed by atoms with E-state index < -0.39 is 0 Å². The lowest BCUT2D eigenvalue weighted by Crippen LogP contribution is -2.51. The SMILES string of the molecule is COCC1CCCN(CC2(CNC(C)(C)C)CCOC2)C1. The van der Waals surface area contributed by atoms with E-state index in [9.17, 15) is 0 Å². The van der Waals surface area contributed by atoms with Crippen LogP contribution in [-0.2, 0) is 9.47 Å². The third-order valence-electron chi connectivity index (χ3n) is 4.74. The van der Waals surface area contributed by atoms with Gasteiger partial charge in [-0.3, -0.25) is 0 Å². The topological polar surface area (TPSA) is 33.7 Å². The fourth-order valence-corrected chi connectivity index (χ4v) is 3.56. The summed E-state index contributed by atoms with van der Waals surface area (Å²) in [5, 5.41) is 3.70. The molecule has 0 radical (unpaired) electrons. The predicted molar refractivity (Wildman–Crippen MR) is 86.7 cm³/mol. The second-order valence-corrected chi connectivity index (χ2v) is 8.10. The van der Waals surface area contributed by atoms with Crippen molar-refractivity contribution in [2.24, 2.45) is 11.3 Å². The normalized spacial score (nSPS) is 31.7. The lowest BCUT2D eigenvalue weighted by atomic mass is 9.84. The van der Waals surface area contributed by atoms with Crippen molar-refractivity contribution in [2.75, 3.05) is 53.1 Å². The summed E-state index contributed by atoms with van der Waals surface area (Å²) in [5.74, 6) is 0.707. The molecule has 2 heterocycles. The lowest BCUT2D eigenvalue weighted by molar-refractivity contribution is 0.0531. The van der Waals surface area contributed by atoms with Gasteiger partial charge in [-0.05, 0) is 52.5 Å². The molecule has 2 atom stereocenters. The number of hydrogen-bond donors (Lipinski definition) is 1. The first-order valence-corrected chi connectivity index (χ1v) is 8.47. The van der Waals surface area contributed by atoms with Gasteiger partial charge in [0.1, 0.15) is 0 Å². The number of nitrogens with one attached hydrogen (secondary N) is 1. The van der Waals surface area contributed by atoms with Crippen LogP contribution in [0.25, 0.3) is 0 Å². The summed E-state index contributed by atoms with van der Waals surface area (Å²) in [5.41, 5.74) is 0.471. The molecule has 0 aromatic rings. The maximum absolute atomic E-state index is 5.75. The molecule has 0 amide bonds. The van der Waals surface area contributed by atoms with Crippen LogP contribution in [0.1, 0.15) is 40.0 Å². The Morgan fingerprint density at radius 2 is 2.19 bits per heavy atom.